The molecule has 2 aliphatic heterocycles. The third-order valence-corrected chi connectivity index (χ3v) is 11.9. The lowest BCUT2D eigenvalue weighted by Crippen LogP contribution is -2.54. The van der Waals surface area contributed by atoms with Crippen LogP contribution in [0.5, 0.6) is 11.5 Å². The van der Waals surface area contributed by atoms with E-state index in [0.717, 1.165) is 11.1 Å². The Bertz CT molecular complexity index is 1970. The van der Waals surface area contributed by atoms with Gasteiger partial charge in [-0.3, -0.25) is 19.6 Å². The molecule has 2 aliphatic rings. The number of nitrogens with zero attached hydrogens (tertiary/aromatic N) is 5. The Kier molecular flexibility index (Phi) is 12.2. The average molecular weight is 783 g/mol. The van der Waals surface area contributed by atoms with Gasteiger partial charge in [-0.1, -0.05) is 51.9 Å². The van der Waals surface area contributed by atoms with E-state index >= 15 is 0 Å². The number of halogens is 2. The lowest BCUT2D eigenvalue weighted by atomic mass is 9.93. The summed E-state index contributed by atoms with van der Waals surface area (Å²) < 4.78 is 63.3. The van der Waals surface area contributed by atoms with Crippen molar-refractivity contribution in [2.45, 2.75) is 23.9 Å². The smallest absolute Gasteiger partial charge is 0.326 e. The van der Waals surface area contributed by atoms with Gasteiger partial charge in [-0.05, 0) is 48.4 Å². The third-order valence-electron chi connectivity index (χ3n) is 8.80. The topological polar surface area (TPSA) is 138 Å². The Hall–Kier alpha value is -3.44. The van der Waals surface area contributed by atoms with Gasteiger partial charge in [0.1, 0.15) is 38.1 Å². The monoisotopic (exact) mass is 781 g/mol. The first-order chi connectivity index (χ1) is 24.2. The number of ether oxygens (including phenoxy) is 2. The van der Waals surface area contributed by atoms with Crippen LogP contribution in [0.1, 0.15) is 35.7 Å². The van der Waals surface area contributed by atoms with Crippen molar-refractivity contribution >= 4 is 54.9 Å². The van der Waals surface area contributed by atoms with E-state index < -0.39 is 31.9 Å². The molecule has 0 saturated carbocycles. The molecule has 0 N–H and O–H groups in total. The van der Waals surface area contributed by atoms with Gasteiger partial charge >= 0.3 is 6.03 Å². The number of hydrogen-bond donors (Lipinski definition) is 0. The molecule has 2 atom stereocenters. The second kappa shape index (κ2) is 16.1. The van der Waals surface area contributed by atoms with Gasteiger partial charge in [0.25, 0.3) is 10.0 Å². The van der Waals surface area contributed by atoms with Crippen LogP contribution in [0.25, 0.3) is 0 Å². The number of carbonyl (C=O) groups excluding carboxylic acids is 1. The van der Waals surface area contributed by atoms with Gasteiger partial charge in [-0.15, -0.1) is 0 Å². The number of amidine groups is 1. The number of hydroxylamine groups is 1. The number of urea groups is 1. The fourth-order valence-corrected chi connectivity index (χ4v) is 8.03. The maximum absolute atomic E-state index is 14.9. The molecule has 1 saturated heterocycles. The number of methoxy groups -OCH3 is 1. The molecule has 2 heterocycles. The predicted molar refractivity (Wildman–Crippen MR) is 196 cm³/mol. The highest BCUT2D eigenvalue weighted by atomic mass is 35.5. The largest absolute Gasteiger partial charge is 0.495 e. The molecule has 3 aromatic rings. The maximum atomic E-state index is 14.9. The van der Waals surface area contributed by atoms with Crippen molar-refractivity contribution < 1.29 is 35.9 Å². The molecule has 1 fully saturated rings. The molecule has 13 nitrogen and oxygen atoms in total. The molecule has 0 unspecified atom stereocenters. The Morgan fingerprint density at radius 3 is 2.02 bits per heavy atom. The highest BCUT2D eigenvalue weighted by Crippen LogP contribution is 2.46. The van der Waals surface area contributed by atoms with Gasteiger partial charge in [0, 0.05) is 62.1 Å². The van der Waals surface area contributed by atoms with Crippen LogP contribution in [0.3, 0.4) is 0 Å². The summed E-state index contributed by atoms with van der Waals surface area (Å²) in [6, 6.07) is 15.4. The SMILES string of the molecule is CCOc1cc(OC)c(S(=O)(=O)N(C)OC)cc1C1=N[C@@H](c2ccc(Cl)cc2)[C@@H](c2ccc(Cl)cc2)N1C(=O)N1CCN(CCS(C)(=O)=O)CC1. The standard InChI is InChI=1S/C34H41Cl2N5O8S2/c1-6-49-28-22-29(47-3)30(51(45,46)38(2)48-4)21-27(28)33-37-31(23-7-11-25(35)12-8-23)32(24-9-13-26(36)14-10-24)41(33)34(42)40-17-15-39(16-18-40)19-20-50(5,43)44/h7-14,21-22,31-32H,6,15-20H2,1-5H3/t31-,32+/m0/s1. The molecule has 2 amide bonds. The molecule has 0 aliphatic carbocycles. The summed E-state index contributed by atoms with van der Waals surface area (Å²) in [5, 5.41) is 1.03. The molecule has 17 heteroatoms. The first-order valence-corrected chi connectivity index (χ1v) is 20.4. The van der Waals surface area contributed by atoms with Gasteiger partial charge in [-0.25, -0.2) is 21.6 Å². The zero-order chi connectivity index (χ0) is 37.1. The zero-order valence-electron chi connectivity index (χ0n) is 29.0. The summed E-state index contributed by atoms with van der Waals surface area (Å²) in [7, 11) is -3.57. The molecule has 3 aromatic carbocycles. The number of hydrogen-bond acceptors (Lipinski definition) is 10. The van der Waals surface area contributed by atoms with Crippen LogP contribution in [0.2, 0.25) is 10.0 Å². The molecule has 0 aromatic heterocycles. The van der Waals surface area contributed by atoms with E-state index in [9.17, 15) is 21.6 Å². The molecule has 0 bridgehead atoms. The number of amides is 2. The minimum absolute atomic E-state index is 0.0105. The van der Waals surface area contributed by atoms with Crippen LogP contribution >= 0.6 is 23.2 Å². The Labute approximate surface area is 309 Å². The minimum atomic E-state index is -4.25. The molecule has 51 heavy (non-hydrogen) atoms. The zero-order valence-corrected chi connectivity index (χ0v) is 32.1. The van der Waals surface area contributed by atoms with Crippen LogP contribution in [-0.2, 0) is 24.7 Å². The van der Waals surface area contributed by atoms with E-state index in [4.69, 9.17) is 42.5 Å². The summed E-state index contributed by atoms with van der Waals surface area (Å²) in [5.41, 5.74) is 1.74. The van der Waals surface area contributed by atoms with E-state index in [-0.39, 0.29) is 46.2 Å². The Balaban J connectivity index is 1.69. The number of benzene rings is 3. The fourth-order valence-electron chi connectivity index (χ4n) is 6.05. The summed E-state index contributed by atoms with van der Waals surface area (Å²) in [4.78, 5) is 30.2. The van der Waals surface area contributed by atoms with Gasteiger partial charge < -0.3 is 14.4 Å². The lowest BCUT2D eigenvalue weighted by molar-refractivity contribution is -0.0259. The van der Waals surface area contributed by atoms with E-state index in [1.165, 1.54) is 39.7 Å². The normalized spacial score (nSPS) is 18.6. The van der Waals surface area contributed by atoms with E-state index in [1.807, 2.05) is 29.2 Å². The first kappa shape index (κ1) is 38.8. The molecular formula is C34H41Cl2N5O8S2. The van der Waals surface area contributed by atoms with E-state index in [0.29, 0.717) is 47.2 Å². The summed E-state index contributed by atoms with van der Waals surface area (Å²) in [6.07, 6.45) is 1.20. The van der Waals surface area contributed by atoms with Gasteiger partial charge in [0.15, 0.2) is 0 Å². The minimum Gasteiger partial charge on any atom is -0.495 e. The highest BCUT2D eigenvalue weighted by molar-refractivity contribution is 7.90. The predicted octanol–water partition coefficient (Wildman–Crippen LogP) is 4.91. The van der Waals surface area contributed by atoms with Crippen molar-refractivity contribution in [1.82, 2.24) is 19.2 Å². The van der Waals surface area contributed by atoms with Crippen LogP contribution in [0, 0.1) is 0 Å². The quantitative estimate of drug-likeness (QED) is 0.235. The van der Waals surface area contributed by atoms with E-state index in [1.54, 1.807) is 41.0 Å². The second-order valence-electron chi connectivity index (χ2n) is 12.1. The second-order valence-corrected chi connectivity index (χ2v) is 17.1. The van der Waals surface area contributed by atoms with E-state index in [2.05, 4.69) is 0 Å². The number of aliphatic imine (C=N–C) groups is 1. The third kappa shape index (κ3) is 8.62. The lowest BCUT2D eigenvalue weighted by Gasteiger charge is -2.39. The average Bonchev–Trinajstić information content (AvgIpc) is 3.50. The highest BCUT2D eigenvalue weighted by Gasteiger charge is 2.45. The van der Waals surface area contributed by atoms with Crippen LogP contribution < -0.4 is 9.47 Å². The van der Waals surface area contributed by atoms with Gasteiger partial charge in [-0.2, -0.15) is 0 Å². The maximum Gasteiger partial charge on any atom is 0.326 e. The number of sulfonamides is 1. The van der Waals surface area contributed by atoms with Crippen LogP contribution in [0.15, 0.2) is 70.6 Å². The Morgan fingerprint density at radius 1 is 0.902 bits per heavy atom. The first-order valence-electron chi connectivity index (χ1n) is 16.1. The molecule has 0 radical (unpaired) electrons. The van der Waals surface area contributed by atoms with Crippen molar-refractivity contribution in [3.63, 3.8) is 0 Å². The van der Waals surface area contributed by atoms with Crippen LogP contribution in [0.4, 0.5) is 4.79 Å². The summed E-state index contributed by atoms with van der Waals surface area (Å²) in [6.45, 7) is 3.95. The van der Waals surface area contributed by atoms with Crippen molar-refractivity contribution in [2.24, 2.45) is 4.99 Å². The molecule has 276 valence electrons. The number of carbonyl (C=O) groups is 1. The van der Waals surface area contributed by atoms with Crippen molar-refractivity contribution in [1.29, 1.82) is 0 Å². The number of sulfone groups is 1. The summed E-state index contributed by atoms with van der Waals surface area (Å²) in [5.74, 6) is 0.465. The summed E-state index contributed by atoms with van der Waals surface area (Å²) >= 11 is 12.6. The molecule has 0 spiro atoms. The van der Waals surface area contributed by atoms with Crippen molar-refractivity contribution in [3.05, 3.63) is 87.4 Å². The van der Waals surface area contributed by atoms with Crippen molar-refractivity contribution in [2.75, 3.05) is 72.6 Å². The number of rotatable bonds is 12. The molecular weight excluding hydrogens is 741 g/mol. The van der Waals surface area contributed by atoms with Gasteiger partial charge in [0.05, 0.1) is 38.2 Å². The van der Waals surface area contributed by atoms with Crippen molar-refractivity contribution in [3.8, 4) is 11.5 Å². The van der Waals surface area contributed by atoms with Crippen LogP contribution in [-0.4, -0.2) is 120 Å². The molecule has 5 rings (SSSR count). The number of piperazine rings is 1. The van der Waals surface area contributed by atoms with Gasteiger partial charge in [0.2, 0.25) is 0 Å². The fraction of sp³-hybridized carbons (Fsp3) is 0.412. The Morgan fingerprint density at radius 2 is 1.49 bits per heavy atom.